The molecule has 1 aliphatic heterocycles. The summed E-state index contributed by atoms with van der Waals surface area (Å²) in [6, 6.07) is 10.0. The largest absolute Gasteiger partial charge is 0.497 e. The smallest absolute Gasteiger partial charge is 0.225 e. The summed E-state index contributed by atoms with van der Waals surface area (Å²) in [5.41, 5.74) is 2.38. The molecule has 1 saturated heterocycles. The highest BCUT2D eigenvalue weighted by Gasteiger charge is 2.25. The molecule has 2 heterocycles. The van der Waals surface area contributed by atoms with Gasteiger partial charge in [0.2, 0.25) is 5.91 Å². The highest BCUT2D eigenvalue weighted by molar-refractivity contribution is 6.32. The van der Waals surface area contributed by atoms with Crippen LogP contribution in [0.3, 0.4) is 0 Å². The molecule has 1 aromatic heterocycles. The summed E-state index contributed by atoms with van der Waals surface area (Å²) < 4.78 is 24.0. The number of fused-ring (bicyclic) bond motifs is 1. The maximum absolute atomic E-state index is 13.1. The van der Waals surface area contributed by atoms with Crippen LogP contribution in [0.1, 0.15) is 30.7 Å². The molecule has 0 aliphatic carbocycles. The first-order valence-corrected chi connectivity index (χ1v) is 10.4. The zero-order valence-electron chi connectivity index (χ0n) is 16.8. The first-order chi connectivity index (χ1) is 14.5. The number of H-pyrrole nitrogens is 1. The summed E-state index contributed by atoms with van der Waals surface area (Å²) in [6.07, 6.45) is 4.18. The van der Waals surface area contributed by atoms with Crippen LogP contribution in [0.2, 0.25) is 5.02 Å². The van der Waals surface area contributed by atoms with Crippen molar-refractivity contribution in [1.29, 1.82) is 0 Å². The van der Waals surface area contributed by atoms with Crippen molar-refractivity contribution in [3.05, 3.63) is 59.0 Å². The molecule has 3 aromatic rings. The number of amides is 1. The monoisotopic (exact) mass is 430 g/mol. The van der Waals surface area contributed by atoms with Gasteiger partial charge in [0.05, 0.1) is 25.2 Å². The minimum Gasteiger partial charge on any atom is -0.497 e. The van der Waals surface area contributed by atoms with E-state index in [1.54, 1.807) is 7.11 Å². The lowest BCUT2D eigenvalue weighted by Gasteiger charge is -2.32. The van der Waals surface area contributed by atoms with E-state index in [0.29, 0.717) is 11.7 Å². The summed E-state index contributed by atoms with van der Waals surface area (Å²) in [5.74, 6) is 1.29. The van der Waals surface area contributed by atoms with Crippen LogP contribution < -0.4 is 9.47 Å². The summed E-state index contributed by atoms with van der Waals surface area (Å²) in [4.78, 5) is 17.8. The van der Waals surface area contributed by atoms with E-state index in [2.05, 4.69) is 17.2 Å². The van der Waals surface area contributed by atoms with Gasteiger partial charge in [-0.1, -0.05) is 11.6 Å². The number of likely N-dealkylation sites (tertiary alicyclic amines) is 1. The number of halogens is 2. The third-order valence-electron chi connectivity index (χ3n) is 5.68. The van der Waals surface area contributed by atoms with Gasteiger partial charge in [0, 0.05) is 30.2 Å². The molecular weight excluding hydrogens is 407 g/mol. The first-order valence-electron chi connectivity index (χ1n) is 10.1. The van der Waals surface area contributed by atoms with Gasteiger partial charge in [-0.15, -0.1) is 0 Å². The molecular formula is C23H24ClFN2O3. The SMILES string of the molecule is COc1ccc2[nH]cc(C3CCN(C(=O)CCOc4ccc(F)cc4Cl)CC3)c2c1. The van der Waals surface area contributed by atoms with Gasteiger partial charge in [0.1, 0.15) is 17.3 Å². The van der Waals surface area contributed by atoms with Crippen molar-refractivity contribution in [3.8, 4) is 11.5 Å². The number of rotatable bonds is 6. The molecule has 0 unspecified atom stereocenters. The second kappa shape index (κ2) is 8.96. The Labute approximate surface area is 179 Å². The van der Waals surface area contributed by atoms with Crippen LogP contribution in [0.25, 0.3) is 10.9 Å². The van der Waals surface area contributed by atoms with Crippen molar-refractivity contribution in [1.82, 2.24) is 9.88 Å². The number of carbonyl (C=O) groups excluding carboxylic acids is 1. The molecule has 5 nitrogen and oxygen atoms in total. The van der Waals surface area contributed by atoms with Crippen LogP contribution in [-0.2, 0) is 4.79 Å². The zero-order valence-corrected chi connectivity index (χ0v) is 17.5. The van der Waals surface area contributed by atoms with E-state index in [1.807, 2.05) is 17.0 Å². The van der Waals surface area contributed by atoms with Crippen molar-refractivity contribution in [2.24, 2.45) is 0 Å². The second-order valence-electron chi connectivity index (χ2n) is 7.48. The van der Waals surface area contributed by atoms with E-state index < -0.39 is 5.82 Å². The van der Waals surface area contributed by atoms with Crippen LogP contribution in [-0.4, -0.2) is 42.6 Å². The lowest BCUT2D eigenvalue weighted by molar-refractivity contribution is -0.132. The van der Waals surface area contributed by atoms with Gasteiger partial charge < -0.3 is 19.4 Å². The van der Waals surface area contributed by atoms with Gasteiger partial charge in [-0.3, -0.25) is 4.79 Å². The molecule has 0 atom stereocenters. The Bertz CT molecular complexity index is 1040. The molecule has 0 spiro atoms. The van der Waals surface area contributed by atoms with E-state index in [4.69, 9.17) is 21.1 Å². The average Bonchev–Trinajstić information content (AvgIpc) is 3.18. The van der Waals surface area contributed by atoms with E-state index in [-0.39, 0.29) is 24.0 Å². The van der Waals surface area contributed by atoms with Crippen molar-refractivity contribution >= 4 is 28.4 Å². The van der Waals surface area contributed by atoms with E-state index in [0.717, 1.165) is 37.2 Å². The van der Waals surface area contributed by atoms with Gasteiger partial charge >= 0.3 is 0 Å². The van der Waals surface area contributed by atoms with Gasteiger partial charge in [-0.2, -0.15) is 0 Å². The third kappa shape index (κ3) is 4.38. The van der Waals surface area contributed by atoms with E-state index in [1.165, 1.54) is 29.1 Å². The van der Waals surface area contributed by atoms with Crippen molar-refractivity contribution < 1.29 is 18.7 Å². The Balaban J connectivity index is 1.30. The van der Waals surface area contributed by atoms with Gasteiger partial charge in [-0.25, -0.2) is 4.39 Å². The maximum Gasteiger partial charge on any atom is 0.225 e. The first kappa shape index (κ1) is 20.5. The number of aromatic nitrogens is 1. The zero-order chi connectivity index (χ0) is 21.1. The summed E-state index contributed by atoms with van der Waals surface area (Å²) >= 11 is 5.95. The number of benzene rings is 2. The number of ether oxygens (including phenoxy) is 2. The number of nitrogens with zero attached hydrogens (tertiary/aromatic N) is 1. The number of nitrogens with one attached hydrogen (secondary N) is 1. The minimum atomic E-state index is -0.417. The number of hydrogen-bond donors (Lipinski definition) is 1. The molecule has 0 bridgehead atoms. The summed E-state index contributed by atoms with van der Waals surface area (Å²) in [6.45, 7) is 1.65. The predicted molar refractivity (Wildman–Crippen MR) is 115 cm³/mol. The molecule has 2 aromatic carbocycles. The minimum absolute atomic E-state index is 0.0623. The van der Waals surface area contributed by atoms with E-state index >= 15 is 0 Å². The molecule has 7 heteroatoms. The molecule has 4 rings (SSSR count). The standard InChI is InChI=1S/C23H24ClFN2O3/c1-29-17-3-4-21-18(13-17)19(14-26-21)15-6-9-27(10-7-15)23(28)8-11-30-22-5-2-16(25)12-20(22)24/h2-5,12-15,26H,6-11H2,1H3. The normalized spacial score (nSPS) is 14.8. The van der Waals surface area contributed by atoms with Crippen molar-refractivity contribution in [3.63, 3.8) is 0 Å². The van der Waals surface area contributed by atoms with Gasteiger partial charge in [0.25, 0.3) is 0 Å². The summed E-state index contributed by atoms with van der Waals surface area (Å²) in [5, 5.41) is 1.39. The summed E-state index contributed by atoms with van der Waals surface area (Å²) in [7, 11) is 1.67. The quantitative estimate of drug-likeness (QED) is 0.588. The lowest BCUT2D eigenvalue weighted by atomic mass is 9.89. The topological polar surface area (TPSA) is 54.6 Å². The molecule has 1 N–H and O–H groups in total. The average molecular weight is 431 g/mol. The number of aromatic amines is 1. The van der Waals surface area contributed by atoms with Crippen LogP contribution in [0.15, 0.2) is 42.6 Å². The van der Waals surface area contributed by atoms with E-state index in [9.17, 15) is 9.18 Å². The molecule has 30 heavy (non-hydrogen) atoms. The fraction of sp³-hybridized carbons (Fsp3) is 0.348. The third-order valence-corrected chi connectivity index (χ3v) is 5.97. The number of methoxy groups -OCH3 is 1. The number of hydrogen-bond acceptors (Lipinski definition) is 3. The molecule has 0 radical (unpaired) electrons. The maximum atomic E-state index is 13.1. The Kier molecular flexibility index (Phi) is 6.13. The van der Waals surface area contributed by atoms with Crippen LogP contribution >= 0.6 is 11.6 Å². The van der Waals surface area contributed by atoms with Crippen molar-refractivity contribution in [2.45, 2.75) is 25.2 Å². The predicted octanol–water partition coefficient (Wildman–Crippen LogP) is 5.14. The fourth-order valence-corrected chi connectivity index (χ4v) is 4.25. The van der Waals surface area contributed by atoms with Crippen molar-refractivity contribution in [2.75, 3.05) is 26.8 Å². The highest BCUT2D eigenvalue weighted by Crippen LogP contribution is 2.35. The number of piperidine rings is 1. The highest BCUT2D eigenvalue weighted by atomic mass is 35.5. The lowest BCUT2D eigenvalue weighted by Crippen LogP contribution is -2.38. The van der Waals surface area contributed by atoms with Gasteiger partial charge in [-0.05, 0) is 60.7 Å². The molecule has 0 saturated carbocycles. The second-order valence-corrected chi connectivity index (χ2v) is 7.89. The Morgan fingerprint density at radius 3 is 2.77 bits per heavy atom. The Morgan fingerprint density at radius 2 is 2.03 bits per heavy atom. The Morgan fingerprint density at radius 1 is 1.23 bits per heavy atom. The Hall–Kier alpha value is -2.73. The van der Waals surface area contributed by atoms with Gasteiger partial charge in [0.15, 0.2) is 0 Å². The van der Waals surface area contributed by atoms with Crippen LogP contribution in [0.5, 0.6) is 11.5 Å². The fourth-order valence-electron chi connectivity index (χ4n) is 4.02. The molecule has 158 valence electrons. The molecule has 1 fully saturated rings. The van der Waals surface area contributed by atoms with Crippen LogP contribution in [0.4, 0.5) is 4.39 Å². The van der Waals surface area contributed by atoms with Crippen LogP contribution in [0, 0.1) is 5.82 Å². The molecule has 1 aliphatic rings. The number of carbonyl (C=O) groups is 1. The molecule has 1 amide bonds.